The normalized spacial score (nSPS) is 10.0. The summed E-state index contributed by atoms with van der Waals surface area (Å²) in [6, 6.07) is 12.4. The van der Waals surface area contributed by atoms with Crippen LogP contribution in [0.1, 0.15) is 18.1 Å². The van der Waals surface area contributed by atoms with Gasteiger partial charge in [-0.25, -0.2) is 0 Å². The zero-order chi connectivity index (χ0) is 16.8. The molecule has 0 spiro atoms. The zero-order valence-corrected chi connectivity index (χ0v) is 13.4. The van der Waals surface area contributed by atoms with E-state index in [4.69, 9.17) is 9.47 Å². The van der Waals surface area contributed by atoms with Crippen molar-refractivity contribution in [2.24, 2.45) is 0 Å². The molecule has 120 valence electrons. The molecule has 0 aromatic heterocycles. The third-order valence-electron chi connectivity index (χ3n) is 3.14. The lowest BCUT2D eigenvalue weighted by atomic mass is 10.1. The van der Waals surface area contributed by atoms with Crippen LogP contribution in [0, 0.1) is 13.8 Å². The van der Waals surface area contributed by atoms with E-state index in [1.165, 1.54) is 6.92 Å². The standard InChI is InChI=1S/C18H19NO4/c1-12-6-4-7-13(2)18(12)22-11-17(21)19-15-8-5-9-16(10-15)23-14(3)20/h4-10H,11H2,1-3H3,(H,19,21). The number of esters is 1. The summed E-state index contributed by atoms with van der Waals surface area (Å²) in [4.78, 5) is 22.9. The molecule has 5 heteroatoms. The molecule has 0 aliphatic heterocycles. The van der Waals surface area contributed by atoms with Crippen molar-refractivity contribution < 1.29 is 19.1 Å². The molecule has 2 aromatic rings. The summed E-state index contributed by atoms with van der Waals surface area (Å²) in [6.07, 6.45) is 0. The second-order valence-electron chi connectivity index (χ2n) is 5.18. The molecule has 1 N–H and O–H groups in total. The van der Waals surface area contributed by atoms with Gasteiger partial charge in [-0.3, -0.25) is 9.59 Å². The molecule has 5 nitrogen and oxygen atoms in total. The fourth-order valence-electron chi connectivity index (χ4n) is 2.16. The van der Waals surface area contributed by atoms with Gasteiger partial charge in [-0.2, -0.15) is 0 Å². The van der Waals surface area contributed by atoms with Crippen LogP contribution in [0.4, 0.5) is 5.69 Å². The molecule has 0 saturated heterocycles. The Labute approximate surface area is 135 Å². The maximum Gasteiger partial charge on any atom is 0.308 e. The molecular weight excluding hydrogens is 294 g/mol. The largest absolute Gasteiger partial charge is 0.483 e. The second kappa shape index (κ2) is 7.45. The molecule has 2 rings (SSSR count). The van der Waals surface area contributed by atoms with E-state index in [1.54, 1.807) is 24.3 Å². The third-order valence-corrected chi connectivity index (χ3v) is 3.14. The predicted molar refractivity (Wildman–Crippen MR) is 87.8 cm³/mol. The van der Waals surface area contributed by atoms with Crippen LogP contribution in [0.3, 0.4) is 0 Å². The number of carbonyl (C=O) groups is 2. The van der Waals surface area contributed by atoms with E-state index in [0.29, 0.717) is 11.4 Å². The van der Waals surface area contributed by atoms with Crippen molar-refractivity contribution in [3.05, 3.63) is 53.6 Å². The Hall–Kier alpha value is -2.82. The van der Waals surface area contributed by atoms with Gasteiger partial charge in [0.05, 0.1) is 0 Å². The van der Waals surface area contributed by atoms with Crippen molar-refractivity contribution in [3.8, 4) is 11.5 Å². The van der Waals surface area contributed by atoms with Crippen molar-refractivity contribution in [2.45, 2.75) is 20.8 Å². The maximum absolute atomic E-state index is 12.0. The van der Waals surface area contributed by atoms with Crippen LogP contribution in [0.15, 0.2) is 42.5 Å². The average Bonchev–Trinajstić information content (AvgIpc) is 2.46. The summed E-state index contributed by atoms with van der Waals surface area (Å²) in [5.41, 5.74) is 2.50. The minimum absolute atomic E-state index is 0.0938. The molecule has 23 heavy (non-hydrogen) atoms. The Balaban J connectivity index is 1.96. The molecular formula is C18H19NO4. The Bertz CT molecular complexity index is 704. The van der Waals surface area contributed by atoms with Gasteiger partial charge in [0.15, 0.2) is 6.61 Å². The molecule has 0 radical (unpaired) electrons. The minimum Gasteiger partial charge on any atom is -0.483 e. The third kappa shape index (κ3) is 4.85. The first kappa shape index (κ1) is 16.5. The smallest absolute Gasteiger partial charge is 0.308 e. The van der Waals surface area contributed by atoms with Crippen LogP contribution in [0.5, 0.6) is 11.5 Å². The Morgan fingerprint density at radius 1 is 1.04 bits per heavy atom. The number of anilines is 1. The van der Waals surface area contributed by atoms with Crippen LogP contribution < -0.4 is 14.8 Å². The van der Waals surface area contributed by atoms with E-state index in [9.17, 15) is 9.59 Å². The number of para-hydroxylation sites is 1. The number of aryl methyl sites for hydroxylation is 2. The molecule has 0 aliphatic carbocycles. The van der Waals surface area contributed by atoms with Crippen LogP contribution in [-0.2, 0) is 9.59 Å². The van der Waals surface area contributed by atoms with Gasteiger partial charge in [0.2, 0.25) is 0 Å². The Morgan fingerprint density at radius 2 is 1.70 bits per heavy atom. The Morgan fingerprint density at radius 3 is 2.35 bits per heavy atom. The summed E-state index contributed by atoms with van der Waals surface area (Å²) in [7, 11) is 0. The van der Waals surface area contributed by atoms with Crippen LogP contribution in [0.25, 0.3) is 0 Å². The highest BCUT2D eigenvalue weighted by atomic mass is 16.5. The summed E-state index contributed by atoms with van der Waals surface area (Å²) in [5, 5.41) is 2.71. The average molecular weight is 313 g/mol. The number of nitrogens with one attached hydrogen (secondary N) is 1. The van der Waals surface area contributed by atoms with Gasteiger partial charge in [0.1, 0.15) is 11.5 Å². The van der Waals surface area contributed by atoms with E-state index >= 15 is 0 Å². The van der Waals surface area contributed by atoms with Gasteiger partial charge < -0.3 is 14.8 Å². The highest BCUT2D eigenvalue weighted by Gasteiger charge is 2.08. The van der Waals surface area contributed by atoms with Crippen molar-refractivity contribution in [1.29, 1.82) is 0 Å². The van der Waals surface area contributed by atoms with E-state index in [0.717, 1.165) is 16.9 Å². The van der Waals surface area contributed by atoms with Crippen LogP contribution >= 0.6 is 0 Å². The quantitative estimate of drug-likeness (QED) is 0.680. The van der Waals surface area contributed by atoms with Gasteiger partial charge in [0, 0.05) is 18.7 Å². The van der Waals surface area contributed by atoms with Crippen LogP contribution in [-0.4, -0.2) is 18.5 Å². The van der Waals surface area contributed by atoms with E-state index in [2.05, 4.69) is 5.32 Å². The number of amides is 1. The molecule has 0 unspecified atom stereocenters. The molecule has 0 saturated carbocycles. The monoisotopic (exact) mass is 313 g/mol. The maximum atomic E-state index is 12.0. The molecule has 0 atom stereocenters. The van der Waals surface area contributed by atoms with E-state index in [-0.39, 0.29) is 12.5 Å². The van der Waals surface area contributed by atoms with Gasteiger partial charge in [-0.1, -0.05) is 24.3 Å². The van der Waals surface area contributed by atoms with Gasteiger partial charge >= 0.3 is 5.97 Å². The lowest BCUT2D eigenvalue weighted by Gasteiger charge is -2.12. The van der Waals surface area contributed by atoms with Crippen LogP contribution in [0.2, 0.25) is 0 Å². The first-order valence-corrected chi connectivity index (χ1v) is 7.23. The summed E-state index contributed by atoms with van der Waals surface area (Å²) >= 11 is 0. The highest BCUT2D eigenvalue weighted by molar-refractivity contribution is 5.92. The van der Waals surface area contributed by atoms with E-state index in [1.807, 2.05) is 32.0 Å². The number of hydrogen-bond acceptors (Lipinski definition) is 4. The fourth-order valence-corrected chi connectivity index (χ4v) is 2.16. The lowest BCUT2D eigenvalue weighted by Crippen LogP contribution is -2.20. The Kier molecular flexibility index (Phi) is 5.36. The summed E-state index contributed by atoms with van der Waals surface area (Å²) < 4.78 is 10.6. The summed E-state index contributed by atoms with van der Waals surface area (Å²) in [5.74, 6) is 0.404. The number of carbonyl (C=O) groups excluding carboxylic acids is 2. The first-order chi connectivity index (χ1) is 11.0. The first-order valence-electron chi connectivity index (χ1n) is 7.23. The molecule has 0 aliphatic rings. The van der Waals surface area contributed by atoms with Crippen molar-refractivity contribution in [2.75, 3.05) is 11.9 Å². The molecule has 1 amide bonds. The van der Waals surface area contributed by atoms with E-state index < -0.39 is 5.97 Å². The number of ether oxygens (including phenoxy) is 2. The molecule has 0 bridgehead atoms. The fraction of sp³-hybridized carbons (Fsp3) is 0.222. The number of hydrogen-bond donors (Lipinski definition) is 1. The van der Waals surface area contributed by atoms with Gasteiger partial charge in [0.25, 0.3) is 5.91 Å². The number of benzene rings is 2. The second-order valence-corrected chi connectivity index (χ2v) is 5.18. The van der Waals surface area contributed by atoms with Crippen molar-refractivity contribution in [3.63, 3.8) is 0 Å². The van der Waals surface area contributed by atoms with Crippen molar-refractivity contribution in [1.82, 2.24) is 0 Å². The SMILES string of the molecule is CC(=O)Oc1cccc(NC(=O)COc2c(C)cccc2C)c1. The highest BCUT2D eigenvalue weighted by Crippen LogP contribution is 2.22. The minimum atomic E-state index is -0.410. The van der Waals surface area contributed by atoms with Gasteiger partial charge in [-0.05, 0) is 37.1 Å². The summed E-state index contributed by atoms with van der Waals surface area (Å²) in [6.45, 7) is 5.10. The van der Waals surface area contributed by atoms with Gasteiger partial charge in [-0.15, -0.1) is 0 Å². The molecule has 0 heterocycles. The predicted octanol–water partition coefficient (Wildman–Crippen LogP) is 3.25. The lowest BCUT2D eigenvalue weighted by molar-refractivity contribution is -0.131. The molecule has 0 fully saturated rings. The topological polar surface area (TPSA) is 64.6 Å². The van der Waals surface area contributed by atoms with Crippen molar-refractivity contribution >= 4 is 17.6 Å². The number of rotatable bonds is 5. The molecule has 2 aromatic carbocycles. The zero-order valence-electron chi connectivity index (χ0n) is 13.4.